The lowest BCUT2D eigenvalue weighted by atomic mass is 10.0. The highest BCUT2D eigenvalue weighted by Crippen LogP contribution is 2.17. The SMILES string of the molecule is CCCCC/C=C\C/C=C\CCCCCCCCCC(=O)OCCCCCCCCCCCC/C=C\CCCCCCCCCC(=O)NC(CO)C(O)CCCCCCCCCCCCCC. The van der Waals surface area contributed by atoms with Crippen LogP contribution in [0.3, 0.4) is 0 Å². The van der Waals surface area contributed by atoms with E-state index >= 15 is 0 Å². The van der Waals surface area contributed by atoms with E-state index in [4.69, 9.17) is 4.74 Å². The van der Waals surface area contributed by atoms with Crippen molar-refractivity contribution in [2.45, 2.75) is 328 Å². The fourth-order valence-electron chi connectivity index (χ4n) is 9.08. The predicted octanol–water partition coefficient (Wildman–Crippen LogP) is 18.4. The first-order valence-corrected chi connectivity index (χ1v) is 29.7. The molecule has 0 aromatic carbocycles. The molecule has 0 spiro atoms. The summed E-state index contributed by atoms with van der Waals surface area (Å²) < 4.78 is 5.48. The van der Waals surface area contributed by atoms with Gasteiger partial charge in [-0.05, 0) is 83.5 Å². The van der Waals surface area contributed by atoms with Gasteiger partial charge in [0.15, 0.2) is 0 Å². The first-order chi connectivity index (χ1) is 33.0. The van der Waals surface area contributed by atoms with Crippen LogP contribution in [0.15, 0.2) is 36.5 Å². The Hall–Kier alpha value is -1.92. The van der Waals surface area contributed by atoms with Crippen LogP contribution in [0, 0.1) is 0 Å². The molecule has 6 heteroatoms. The molecule has 2 atom stereocenters. The van der Waals surface area contributed by atoms with Crippen LogP contribution in [0.25, 0.3) is 0 Å². The summed E-state index contributed by atoms with van der Waals surface area (Å²) in [6, 6.07) is -0.546. The Morgan fingerprint density at radius 2 is 0.746 bits per heavy atom. The molecule has 0 saturated heterocycles. The number of nitrogens with one attached hydrogen (secondary N) is 1. The van der Waals surface area contributed by atoms with Gasteiger partial charge in [-0.15, -0.1) is 0 Å². The van der Waals surface area contributed by atoms with Crippen LogP contribution in [0.5, 0.6) is 0 Å². The van der Waals surface area contributed by atoms with E-state index in [1.54, 1.807) is 0 Å². The maximum absolute atomic E-state index is 12.4. The van der Waals surface area contributed by atoms with Crippen molar-refractivity contribution in [1.29, 1.82) is 0 Å². The second-order valence-corrected chi connectivity index (χ2v) is 20.3. The van der Waals surface area contributed by atoms with Crippen LogP contribution in [0.2, 0.25) is 0 Å². The second-order valence-electron chi connectivity index (χ2n) is 20.3. The van der Waals surface area contributed by atoms with Crippen molar-refractivity contribution in [1.82, 2.24) is 5.32 Å². The minimum Gasteiger partial charge on any atom is -0.466 e. The molecular weight excluding hydrogens is 827 g/mol. The van der Waals surface area contributed by atoms with E-state index in [0.29, 0.717) is 25.9 Å². The third-order valence-electron chi connectivity index (χ3n) is 13.7. The first kappa shape index (κ1) is 65.1. The number of aliphatic hydroxyl groups excluding tert-OH is 2. The quantitative estimate of drug-likeness (QED) is 0.0321. The van der Waals surface area contributed by atoms with E-state index in [1.807, 2.05) is 0 Å². The zero-order valence-electron chi connectivity index (χ0n) is 44.9. The number of aliphatic hydroxyl groups is 2. The summed E-state index contributed by atoms with van der Waals surface area (Å²) >= 11 is 0. The Balaban J connectivity index is 3.41. The van der Waals surface area contributed by atoms with Gasteiger partial charge in [0.05, 0.1) is 25.4 Å². The van der Waals surface area contributed by atoms with E-state index in [2.05, 4.69) is 55.6 Å². The highest BCUT2D eigenvalue weighted by molar-refractivity contribution is 5.76. The van der Waals surface area contributed by atoms with Crippen molar-refractivity contribution in [3.05, 3.63) is 36.5 Å². The van der Waals surface area contributed by atoms with Gasteiger partial charge in [0, 0.05) is 12.8 Å². The molecule has 394 valence electrons. The van der Waals surface area contributed by atoms with Gasteiger partial charge in [-0.3, -0.25) is 9.59 Å². The molecule has 0 heterocycles. The van der Waals surface area contributed by atoms with Gasteiger partial charge >= 0.3 is 5.97 Å². The molecule has 0 aliphatic rings. The molecule has 0 aromatic heterocycles. The van der Waals surface area contributed by atoms with Crippen molar-refractivity contribution in [3.8, 4) is 0 Å². The summed E-state index contributed by atoms with van der Waals surface area (Å²) in [5.41, 5.74) is 0. The summed E-state index contributed by atoms with van der Waals surface area (Å²) in [5, 5.41) is 23.2. The van der Waals surface area contributed by atoms with Gasteiger partial charge in [0.1, 0.15) is 0 Å². The van der Waals surface area contributed by atoms with Gasteiger partial charge in [-0.2, -0.15) is 0 Å². The number of allylic oxidation sites excluding steroid dienone is 6. The number of ether oxygens (including phenoxy) is 1. The third kappa shape index (κ3) is 53.3. The van der Waals surface area contributed by atoms with Gasteiger partial charge in [0.2, 0.25) is 5.91 Å². The van der Waals surface area contributed by atoms with Gasteiger partial charge in [-0.25, -0.2) is 0 Å². The molecule has 0 aliphatic heterocycles. The van der Waals surface area contributed by atoms with Crippen LogP contribution in [-0.4, -0.2) is 47.4 Å². The predicted molar refractivity (Wildman–Crippen MR) is 292 cm³/mol. The van der Waals surface area contributed by atoms with Crippen molar-refractivity contribution in [2.24, 2.45) is 0 Å². The lowest BCUT2D eigenvalue weighted by Crippen LogP contribution is -2.45. The number of rotatable bonds is 55. The van der Waals surface area contributed by atoms with Crippen LogP contribution in [0.1, 0.15) is 316 Å². The number of esters is 1. The van der Waals surface area contributed by atoms with Crippen LogP contribution in [-0.2, 0) is 14.3 Å². The highest BCUT2D eigenvalue weighted by Gasteiger charge is 2.20. The average Bonchev–Trinajstić information content (AvgIpc) is 3.33. The summed E-state index contributed by atoms with van der Waals surface area (Å²) in [7, 11) is 0. The van der Waals surface area contributed by atoms with Crippen molar-refractivity contribution >= 4 is 11.9 Å². The molecule has 67 heavy (non-hydrogen) atoms. The third-order valence-corrected chi connectivity index (χ3v) is 13.7. The molecular formula is C61H115NO5. The molecule has 3 N–H and O–H groups in total. The zero-order valence-corrected chi connectivity index (χ0v) is 44.9. The zero-order chi connectivity index (χ0) is 48.6. The molecule has 0 fully saturated rings. The molecule has 0 rings (SSSR count). The summed E-state index contributed by atoms with van der Waals surface area (Å²) in [6.07, 6.45) is 70.0. The van der Waals surface area contributed by atoms with E-state index in [-0.39, 0.29) is 18.5 Å². The topological polar surface area (TPSA) is 95.9 Å². The summed E-state index contributed by atoms with van der Waals surface area (Å²) in [6.45, 7) is 4.92. The van der Waals surface area contributed by atoms with Gasteiger partial charge in [0.25, 0.3) is 0 Å². The van der Waals surface area contributed by atoms with Crippen LogP contribution < -0.4 is 5.32 Å². The molecule has 0 radical (unpaired) electrons. The van der Waals surface area contributed by atoms with Gasteiger partial charge in [-0.1, -0.05) is 256 Å². The van der Waals surface area contributed by atoms with Crippen molar-refractivity contribution in [2.75, 3.05) is 13.2 Å². The Bertz CT molecular complexity index is 1090. The fourth-order valence-corrected chi connectivity index (χ4v) is 9.08. The summed E-state index contributed by atoms with van der Waals surface area (Å²) in [4.78, 5) is 24.5. The van der Waals surface area contributed by atoms with E-state index in [0.717, 1.165) is 51.4 Å². The van der Waals surface area contributed by atoms with E-state index < -0.39 is 12.1 Å². The normalized spacial score (nSPS) is 12.8. The lowest BCUT2D eigenvalue weighted by molar-refractivity contribution is -0.143. The highest BCUT2D eigenvalue weighted by atomic mass is 16.5. The molecule has 1 amide bonds. The smallest absolute Gasteiger partial charge is 0.305 e. The number of amides is 1. The Labute approximate surface area is 417 Å². The van der Waals surface area contributed by atoms with Gasteiger partial charge < -0.3 is 20.3 Å². The van der Waals surface area contributed by atoms with E-state index in [1.165, 1.54) is 231 Å². The number of hydrogen-bond acceptors (Lipinski definition) is 5. The Morgan fingerprint density at radius 3 is 1.18 bits per heavy atom. The minimum absolute atomic E-state index is 0.000323. The summed E-state index contributed by atoms with van der Waals surface area (Å²) in [5.74, 6) is -0.0429. The standard InChI is InChI=1S/C61H115NO5/c1-3-5-7-9-11-13-15-17-18-24-28-31-35-39-43-47-51-55-61(66)67-56-52-48-44-40-36-32-29-26-23-21-19-20-22-25-27-30-34-38-42-46-50-54-60(65)62-58(57-63)59(64)53-49-45-41-37-33-16-14-12-10-8-6-4-2/h11,13,17-18,20,22,58-59,63-64H,3-10,12,14-16,19,21,23-57H2,1-2H3,(H,62,65)/b13-11-,18-17-,22-20-. The van der Waals surface area contributed by atoms with Crippen LogP contribution >= 0.6 is 0 Å². The van der Waals surface area contributed by atoms with Crippen molar-refractivity contribution < 1.29 is 24.5 Å². The molecule has 0 aliphatic carbocycles. The molecule has 0 bridgehead atoms. The Morgan fingerprint density at radius 1 is 0.418 bits per heavy atom. The lowest BCUT2D eigenvalue weighted by Gasteiger charge is -2.22. The minimum atomic E-state index is -0.668. The molecule has 6 nitrogen and oxygen atoms in total. The largest absolute Gasteiger partial charge is 0.466 e. The average molecular weight is 943 g/mol. The van der Waals surface area contributed by atoms with E-state index in [9.17, 15) is 19.8 Å². The molecule has 0 saturated carbocycles. The number of hydrogen-bond donors (Lipinski definition) is 3. The molecule has 0 aromatic rings. The Kier molecular flexibility index (Phi) is 55.0. The monoisotopic (exact) mass is 942 g/mol. The maximum atomic E-state index is 12.4. The fraction of sp³-hybridized carbons (Fsp3) is 0.869. The molecule has 2 unspecified atom stereocenters. The second kappa shape index (κ2) is 56.7. The number of unbranched alkanes of at least 4 members (excludes halogenated alkanes) is 38. The first-order valence-electron chi connectivity index (χ1n) is 29.7. The maximum Gasteiger partial charge on any atom is 0.305 e. The number of carbonyl (C=O) groups excluding carboxylic acids is 2. The number of carbonyl (C=O) groups is 2. The van der Waals surface area contributed by atoms with Crippen molar-refractivity contribution in [3.63, 3.8) is 0 Å². The van der Waals surface area contributed by atoms with Crippen LogP contribution in [0.4, 0.5) is 0 Å².